The summed E-state index contributed by atoms with van der Waals surface area (Å²) >= 11 is 0. The van der Waals surface area contributed by atoms with Gasteiger partial charge >= 0.3 is 0 Å². The maximum absolute atomic E-state index is 4.45. The van der Waals surface area contributed by atoms with E-state index in [1.54, 1.807) is 0 Å². The van der Waals surface area contributed by atoms with E-state index in [2.05, 4.69) is 35.1 Å². The van der Waals surface area contributed by atoms with Gasteiger partial charge in [0.2, 0.25) is 0 Å². The molecule has 0 aliphatic carbocycles. The van der Waals surface area contributed by atoms with Crippen molar-refractivity contribution < 1.29 is 0 Å². The summed E-state index contributed by atoms with van der Waals surface area (Å²) in [6, 6.07) is 6.37. The van der Waals surface area contributed by atoms with Gasteiger partial charge in [-0.3, -0.25) is 4.68 Å². The Labute approximate surface area is 83.9 Å². The zero-order valence-corrected chi connectivity index (χ0v) is 9.07. The van der Waals surface area contributed by atoms with Crippen LogP contribution in [0.5, 0.6) is 0 Å². The van der Waals surface area contributed by atoms with Crippen LogP contribution in [0.2, 0.25) is 0 Å². The third-order valence-corrected chi connectivity index (χ3v) is 2.63. The van der Waals surface area contributed by atoms with Gasteiger partial charge in [0.15, 0.2) is 0 Å². The van der Waals surface area contributed by atoms with Gasteiger partial charge in [0.25, 0.3) is 0 Å². The average molecular weight is 189 g/mol. The molecule has 0 fully saturated rings. The standard InChI is InChI=1S/C11H15N3/c1-8-10-6-5-9(13(2)3)7-11(10)12-14(8)4/h5-7H,1-4H3. The van der Waals surface area contributed by atoms with Crippen LogP contribution in [0.15, 0.2) is 18.2 Å². The molecule has 0 N–H and O–H groups in total. The zero-order valence-electron chi connectivity index (χ0n) is 9.07. The minimum atomic E-state index is 1.07. The second-order valence-electron chi connectivity index (χ2n) is 3.80. The molecule has 0 saturated carbocycles. The van der Waals surface area contributed by atoms with E-state index in [0.29, 0.717) is 0 Å². The monoisotopic (exact) mass is 189 g/mol. The van der Waals surface area contributed by atoms with E-state index in [1.807, 2.05) is 25.8 Å². The van der Waals surface area contributed by atoms with Crippen LogP contribution in [0.4, 0.5) is 5.69 Å². The molecular formula is C11H15N3. The molecule has 0 aliphatic rings. The number of nitrogens with zero attached hydrogens (tertiary/aromatic N) is 3. The van der Waals surface area contributed by atoms with Crippen LogP contribution in [0.3, 0.4) is 0 Å². The van der Waals surface area contributed by atoms with E-state index in [4.69, 9.17) is 0 Å². The zero-order chi connectivity index (χ0) is 10.3. The van der Waals surface area contributed by atoms with E-state index in [9.17, 15) is 0 Å². The van der Waals surface area contributed by atoms with E-state index < -0.39 is 0 Å². The SMILES string of the molecule is Cc1c2ccc(N(C)C)cc2nn1C. The lowest BCUT2D eigenvalue weighted by atomic mass is 10.2. The first-order chi connectivity index (χ1) is 6.59. The largest absolute Gasteiger partial charge is 0.378 e. The third kappa shape index (κ3) is 1.25. The summed E-state index contributed by atoms with van der Waals surface area (Å²) in [7, 11) is 6.05. The van der Waals surface area contributed by atoms with Gasteiger partial charge in [-0.2, -0.15) is 5.10 Å². The Bertz CT molecular complexity index is 469. The van der Waals surface area contributed by atoms with Gasteiger partial charge in [-0.1, -0.05) is 0 Å². The molecule has 3 heteroatoms. The van der Waals surface area contributed by atoms with Crippen LogP contribution >= 0.6 is 0 Å². The van der Waals surface area contributed by atoms with Crippen LogP contribution in [-0.4, -0.2) is 23.9 Å². The first-order valence-electron chi connectivity index (χ1n) is 4.70. The summed E-state index contributed by atoms with van der Waals surface area (Å²) < 4.78 is 1.92. The number of rotatable bonds is 1. The molecule has 0 atom stereocenters. The smallest absolute Gasteiger partial charge is 0.0946 e. The molecule has 0 saturated heterocycles. The van der Waals surface area contributed by atoms with Gasteiger partial charge in [0.05, 0.1) is 5.52 Å². The Balaban J connectivity index is 2.67. The van der Waals surface area contributed by atoms with Gasteiger partial charge in [0.1, 0.15) is 0 Å². The number of aromatic nitrogens is 2. The molecule has 2 aromatic rings. The Morgan fingerprint density at radius 2 is 2.00 bits per heavy atom. The molecule has 3 nitrogen and oxygen atoms in total. The van der Waals surface area contributed by atoms with E-state index in [-0.39, 0.29) is 0 Å². The minimum Gasteiger partial charge on any atom is -0.378 e. The molecule has 0 amide bonds. The fourth-order valence-electron chi connectivity index (χ4n) is 1.60. The van der Waals surface area contributed by atoms with Crippen LogP contribution in [0.1, 0.15) is 5.69 Å². The summed E-state index contributed by atoms with van der Waals surface area (Å²) in [6.45, 7) is 2.09. The van der Waals surface area contributed by atoms with E-state index >= 15 is 0 Å². The molecule has 2 rings (SSSR count). The molecule has 1 heterocycles. The fourth-order valence-corrected chi connectivity index (χ4v) is 1.60. The van der Waals surface area contributed by atoms with Crippen LogP contribution in [-0.2, 0) is 7.05 Å². The molecule has 0 spiro atoms. The molecule has 1 aromatic carbocycles. The lowest BCUT2D eigenvalue weighted by Crippen LogP contribution is -2.07. The molecule has 0 radical (unpaired) electrons. The van der Waals surface area contributed by atoms with Gasteiger partial charge < -0.3 is 4.90 Å². The highest BCUT2D eigenvalue weighted by Crippen LogP contribution is 2.22. The van der Waals surface area contributed by atoms with Crippen molar-refractivity contribution in [2.75, 3.05) is 19.0 Å². The topological polar surface area (TPSA) is 21.1 Å². The Morgan fingerprint density at radius 3 is 2.64 bits per heavy atom. The van der Waals surface area contributed by atoms with Crippen LogP contribution in [0.25, 0.3) is 10.9 Å². The van der Waals surface area contributed by atoms with Crippen molar-refractivity contribution in [3.05, 3.63) is 23.9 Å². The fraction of sp³-hybridized carbons (Fsp3) is 0.364. The van der Waals surface area contributed by atoms with Gasteiger partial charge in [-0.25, -0.2) is 0 Å². The van der Waals surface area contributed by atoms with Crippen molar-refractivity contribution in [1.29, 1.82) is 0 Å². The highest BCUT2D eigenvalue weighted by molar-refractivity contribution is 5.84. The highest BCUT2D eigenvalue weighted by atomic mass is 15.3. The van der Waals surface area contributed by atoms with Crippen molar-refractivity contribution in [3.8, 4) is 0 Å². The molecule has 14 heavy (non-hydrogen) atoms. The molecule has 0 unspecified atom stereocenters. The summed E-state index contributed by atoms with van der Waals surface area (Å²) in [6.07, 6.45) is 0. The van der Waals surface area contributed by atoms with Gasteiger partial charge in [-0.05, 0) is 25.1 Å². The lowest BCUT2D eigenvalue weighted by molar-refractivity contribution is 0.751. The number of fused-ring (bicyclic) bond motifs is 1. The predicted molar refractivity (Wildman–Crippen MR) is 59.8 cm³/mol. The third-order valence-electron chi connectivity index (χ3n) is 2.63. The van der Waals surface area contributed by atoms with Crippen molar-refractivity contribution >= 4 is 16.6 Å². The highest BCUT2D eigenvalue weighted by Gasteiger charge is 2.05. The first kappa shape index (κ1) is 9.06. The van der Waals surface area contributed by atoms with Crippen LogP contribution in [0, 0.1) is 6.92 Å². The normalized spacial score (nSPS) is 10.9. The summed E-state index contributed by atoms with van der Waals surface area (Å²) in [4.78, 5) is 2.09. The lowest BCUT2D eigenvalue weighted by Gasteiger charge is -2.11. The molecule has 1 aromatic heterocycles. The molecular weight excluding hydrogens is 174 g/mol. The second kappa shape index (κ2) is 3.01. The second-order valence-corrected chi connectivity index (χ2v) is 3.80. The quantitative estimate of drug-likeness (QED) is 0.683. The Kier molecular flexibility index (Phi) is 1.95. The van der Waals surface area contributed by atoms with E-state index in [1.165, 1.54) is 16.8 Å². The Morgan fingerprint density at radius 1 is 1.29 bits per heavy atom. The van der Waals surface area contributed by atoms with Crippen molar-refractivity contribution in [2.24, 2.45) is 7.05 Å². The molecule has 0 aliphatic heterocycles. The number of benzene rings is 1. The summed E-state index contributed by atoms with van der Waals surface area (Å²) in [5.74, 6) is 0. The maximum Gasteiger partial charge on any atom is 0.0946 e. The van der Waals surface area contributed by atoms with E-state index in [0.717, 1.165) is 5.52 Å². The number of hydrogen-bond acceptors (Lipinski definition) is 2. The number of aryl methyl sites for hydroxylation is 2. The van der Waals surface area contributed by atoms with Crippen molar-refractivity contribution in [1.82, 2.24) is 9.78 Å². The summed E-state index contributed by atoms with van der Waals surface area (Å²) in [5, 5.41) is 5.68. The number of hydrogen-bond donors (Lipinski definition) is 0. The maximum atomic E-state index is 4.45. The first-order valence-corrected chi connectivity index (χ1v) is 4.70. The van der Waals surface area contributed by atoms with Crippen LogP contribution < -0.4 is 4.90 Å². The predicted octanol–water partition coefficient (Wildman–Crippen LogP) is 1.95. The molecule has 0 bridgehead atoms. The van der Waals surface area contributed by atoms with Gasteiger partial charge in [0, 0.05) is 37.9 Å². The Hall–Kier alpha value is -1.51. The summed E-state index contributed by atoms with van der Waals surface area (Å²) in [5.41, 5.74) is 3.47. The van der Waals surface area contributed by atoms with Crippen molar-refractivity contribution in [2.45, 2.75) is 6.92 Å². The molecule has 74 valence electrons. The van der Waals surface area contributed by atoms with Crippen molar-refractivity contribution in [3.63, 3.8) is 0 Å². The number of anilines is 1. The van der Waals surface area contributed by atoms with Gasteiger partial charge in [-0.15, -0.1) is 0 Å². The minimum absolute atomic E-state index is 1.07. The average Bonchev–Trinajstić information content (AvgIpc) is 2.42.